The third kappa shape index (κ3) is 3.78. The van der Waals surface area contributed by atoms with Crippen LogP contribution in [0.1, 0.15) is 5.56 Å². The molecule has 0 saturated carbocycles. The molecule has 1 aromatic carbocycles. The van der Waals surface area contributed by atoms with Crippen molar-refractivity contribution in [3.05, 3.63) is 36.4 Å². The van der Waals surface area contributed by atoms with E-state index in [4.69, 9.17) is 9.47 Å². The monoisotopic (exact) mass is 248 g/mol. The summed E-state index contributed by atoms with van der Waals surface area (Å²) in [5.41, 5.74) is 1.06. The fourth-order valence-corrected chi connectivity index (χ4v) is 1.15. The Bertz CT molecular complexity index is 337. The molecule has 4 heteroatoms. The zero-order chi connectivity index (χ0) is 10.4. The summed E-state index contributed by atoms with van der Waals surface area (Å²) >= 11 is 0. The second kappa shape index (κ2) is 7.10. The molecule has 3 nitrogen and oxygen atoms in total. The van der Waals surface area contributed by atoms with E-state index in [1.165, 1.54) is 7.11 Å². The van der Waals surface area contributed by atoms with Gasteiger partial charge in [0.25, 0.3) is 6.47 Å². The van der Waals surface area contributed by atoms with Crippen LogP contribution in [0.3, 0.4) is 0 Å². The van der Waals surface area contributed by atoms with Gasteiger partial charge >= 0.3 is 0 Å². The third-order valence-electron chi connectivity index (χ3n) is 1.78. The molecule has 0 N–H and O–H groups in total. The molecule has 0 fully saturated rings. The molecule has 0 radical (unpaired) electrons. The molecule has 1 aromatic rings. The first kappa shape index (κ1) is 13.7. The Morgan fingerprint density at radius 1 is 1.40 bits per heavy atom. The molecule has 0 spiro atoms. The van der Waals surface area contributed by atoms with Gasteiger partial charge in [-0.05, 0) is 24.1 Å². The maximum absolute atomic E-state index is 10.2. The zero-order valence-corrected chi connectivity index (χ0v) is 9.48. The number of hydrogen-bond acceptors (Lipinski definition) is 3. The molecule has 0 unspecified atom stereocenters. The summed E-state index contributed by atoms with van der Waals surface area (Å²) in [5, 5.41) is 0. The summed E-state index contributed by atoms with van der Waals surface area (Å²) in [4.78, 5) is 10.2. The van der Waals surface area contributed by atoms with Crippen LogP contribution in [-0.2, 0) is 28.3 Å². The number of methoxy groups -OCH3 is 1. The van der Waals surface area contributed by atoms with Crippen LogP contribution in [0, 0.1) is 0 Å². The van der Waals surface area contributed by atoms with Gasteiger partial charge in [0.2, 0.25) is 0 Å². The van der Waals surface area contributed by atoms with Crippen LogP contribution >= 0.6 is 0 Å². The van der Waals surface area contributed by atoms with Crippen LogP contribution in [0.5, 0.6) is 11.5 Å². The van der Waals surface area contributed by atoms with Gasteiger partial charge < -0.3 is 9.47 Å². The normalized spacial score (nSPS) is 8.60. The predicted octanol–water partition coefficient (Wildman–Crippen LogP) is 1.96. The van der Waals surface area contributed by atoms with Crippen molar-refractivity contribution < 1.29 is 31.3 Å². The molecule has 0 atom stereocenters. The predicted molar refractivity (Wildman–Crippen MR) is 53.6 cm³/mol. The van der Waals surface area contributed by atoms with Crippen LogP contribution in [0.2, 0.25) is 0 Å². The van der Waals surface area contributed by atoms with Gasteiger partial charge in [-0.3, -0.25) is 4.79 Å². The van der Waals surface area contributed by atoms with E-state index in [0.717, 1.165) is 12.0 Å². The maximum Gasteiger partial charge on any atom is 0.298 e. The van der Waals surface area contributed by atoms with Gasteiger partial charge in [0.15, 0.2) is 11.5 Å². The van der Waals surface area contributed by atoms with Crippen molar-refractivity contribution in [1.29, 1.82) is 0 Å². The fraction of sp³-hybridized carbons (Fsp3) is 0.182. The van der Waals surface area contributed by atoms with Crippen molar-refractivity contribution in [2.24, 2.45) is 0 Å². The van der Waals surface area contributed by atoms with E-state index in [2.05, 4.69) is 6.58 Å². The molecule has 15 heavy (non-hydrogen) atoms. The van der Waals surface area contributed by atoms with Gasteiger partial charge in [0, 0.05) is 17.1 Å². The minimum absolute atomic E-state index is 0. The summed E-state index contributed by atoms with van der Waals surface area (Å²) in [7, 11) is 1.53. The number of hydrogen-bond donors (Lipinski definition) is 0. The summed E-state index contributed by atoms with van der Waals surface area (Å²) in [6.07, 6.45) is 2.56. The number of allylic oxidation sites excluding steroid dienone is 1. The number of benzene rings is 1. The molecular formula is C11H12FeO3. The van der Waals surface area contributed by atoms with Crippen molar-refractivity contribution >= 4 is 6.47 Å². The molecule has 0 heterocycles. The first-order valence-electron chi connectivity index (χ1n) is 4.20. The molecule has 0 amide bonds. The van der Waals surface area contributed by atoms with E-state index >= 15 is 0 Å². The molecule has 0 aliphatic heterocycles. The zero-order valence-electron chi connectivity index (χ0n) is 8.38. The summed E-state index contributed by atoms with van der Waals surface area (Å²) < 4.78 is 9.80. The largest absolute Gasteiger partial charge is 0.493 e. The van der Waals surface area contributed by atoms with E-state index in [-0.39, 0.29) is 17.1 Å². The molecular weight excluding hydrogens is 236 g/mol. The Labute approximate surface area is 99.6 Å². The van der Waals surface area contributed by atoms with E-state index in [0.29, 0.717) is 18.0 Å². The van der Waals surface area contributed by atoms with Crippen LogP contribution < -0.4 is 9.47 Å². The summed E-state index contributed by atoms with van der Waals surface area (Å²) in [6.45, 7) is 4.02. The number of carbonyl (C=O) groups excluding carboxylic acids is 1. The Morgan fingerprint density at radius 2 is 2.13 bits per heavy atom. The smallest absolute Gasteiger partial charge is 0.298 e. The van der Waals surface area contributed by atoms with Gasteiger partial charge in [0.05, 0.1) is 7.11 Å². The number of ether oxygens (including phenoxy) is 2. The van der Waals surface area contributed by atoms with Gasteiger partial charge in [-0.15, -0.1) is 6.58 Å². The Morgan fingerprint density at radius 3 is 2.67 bits per heavy atom. The average molecular weight is 248 g/mol. The van der Waals surface area contributed by atoms with Crippen molar-refractivity contribution in [3.63, 3.8) is 0 Å². The summed E-state index contributed by atoms with van der Waals surface area (Å²) in [6, 6.07) is 5.38. The Kier molecular flexibility index (Phi) is 6.50. The van der Waals surface area contributed by atoms with Crippen molar-refractivity contribution in [2.45, 2.75) is 6.42 Å². The van der Waals surface area contributed by atoms with E-state index < -0.39 is 0 Å². The standard InChI is InChI=1S/C11H12O3.Fe/c1-3-4-9-5-6-10(14-8-12)11(7-9)13-2;/h3,5-8H,1,4H2,2H3;. The second-order valence-corrected chi connectivity index (χ2v) is 2.69. The van der Waals surface area contributed by atoms with Crippen LogP contribution in [0.15, 0.2) is 30.9 Å². The first-order chi connectivity index (χ1) is 6.81. The molecule has 0 saturated heterocycles. The number of rotatable bonds is 5. The average Bonchev–Trinajstić information content (AvgIpc) is 2.21. The Balaban J connectivity index is 0.00000196. The topological polar surface area (TPSA) is 35.5 Å². The van der Waals surface area contributed by atoms with E-state index in [9.17, 15) is 4.79 Å². The molecule has 0 aliphatic rings. The molecule has 82 valence electrons. The van der Waals surface area contributed by atoms with E-state index in [1.54, 1.807) is 12.1 Å². The second-order valence-electron chi connectivity index (χ2n) is 2.69. The van der Waals surface area contributed by atoms with Crippen molar-refractivity contribution in [2.75, 3.05) is 7.11 Å². The Hall–Kier alpha value is -1.25. The fourth-order valence-electron chi connectivity index (χ4n) is 1.15. The maximum atomic E-state index is 10.2. The SMILES string of the molecule is C=CCc1ccc(OC=O)c(OC)c1.[Fe]. The van der Waals surface area contributed by atoms with Gasteiger partial charge in [-0.1, -0.05) is 12.1 Å². The molecule has 1 rings (SSSR count). The minimum atomic E-state index is 0. The van der Waals surface area contributed by atoms with Crippen molar-refractivity contribution in [1.82, 2.24) is 0 Å². The first-order valence-corrected chi connectivity index (χ1v) is 4.20. The van der Waals surface area contributed by atoms with Gasteiger partial charge in [-0.2, -0.15) is 0 Å². The molecule has 0 aromatic heterocycles. The minimum Gasteiger partial charge on any atom is -0.493 e. The molecule has 0 aliphatic carbocycles. The molecule has 0 bridgehead atoms. The van der Waals surface area contributed by atoms with Crippen LogP contribution in [0.4, 0.5) is 0 Å². The summed E-state index contributed by atoms with van der Waals surface area (Å²) in [5.74, 6) is 0.978. The van der Waals surface area contributed by atoms with Gasteiger partial charge in [0.1, 0.15) is 0 Å². The van der Waals surface area contributed by atoms with Crippen LogP contribution in [-0.4, -0.2) is 13.6 Å². The quantitative estimate of drug-likeness (QED) is 0.454. The van der Waals surface area contributed by atoms with Gasteiger partial charge in [-0.25, -0.2) is 0 Å². The van der Waals surface area contributed by atoms with Crippen molar-refractivity contribution in [3.8, 4) is 11.5 Å². The van der Waals surface area contributed by atoms with E-state index in [1.807, 2.05) is 12.1 Å². The van der Waals surface area contributed by atoms with Crippen LogP contribution in [0.25, 0.3) is 0 Å². The third-order valence-corrected chi connectivity index (χ3v) is 1.78. The number of carbonyl (C=O) groups is 1.